The van der Waals surface area contributed by atoms with Crippen molar-refractivity contribution in [3.8, 4) is 5.75 Å². The summed E-state index contributed by atoms with van der Waals surface area (Å²) in [6.07, 6.45) is 1.47. The quantitative estimate of drug-likeness (QED) is 0.924. The Kier molecular flexibility index (Phi) is 4.57. The molecule has 0 aliphatic carbocycles. The zero-order valence-electron chi connectivity index (χ0n) is 13.5. The number of phenols is 1. The van der Waals surface area contributed by atoms with E-state index in [1.165, 1.54) is 0 Å². The maximum Gasteiger partial charge on any atom is 0.226 e. The predicted molar refractivity (Wildman–Crippen MR) is 84.3 cm³/mol. The van der Waals surface area contributed by atoms with Crippen molar-refractivity contribution in [2.45, 2.75) is 32.2 Å². The minimum Gasteiger partial charge on any atom is -0.508 e. The molecule has 1 fully saturated rings. The number of carbonyl (C=O) groups excluding carboxylic acids is 1. The Labute approximate surface area is 127 Å². The monoisotopic (exact) mass is 290 g/mol. The van der Waals surface area contributed by atoms with Gasteiger partial charge in [0.2, 0.25) is 5.91 Å². The number of hydrogen-bond acceptors (Lipinski definition) is 3. The zero-order valence-corrected chi connectivity index (χ0v) is 13.5. The zero-order chi connectivity index (χ0) is 15.6. The number of aromatic hydroxyl groups is 1. The second-order valence-corrected chi connectivity index (χ2v) is 6.68. The van der Waals surface area contributed by atoms with Crippen molar-refractivity contribution in [3.05, 3.63) is 29.8 Å². The minimum absolute atomic E-state index is 0.103. The number of carbonyl (C=O) groups is 1. The van der Waals surface area contributed by atoms with Crippen LogP contribution in [0.1, 0.15) is 25.8 Å². The van der Waals surface area contributed by atoms with Gasteiger partial charge in [0.05, 0.1) is 6.42 Å². The number of phenolic OH excluding ortho intramolecular Hbond substituents is 1. The number of likely N-dealkylation sites (N-methyl/N-ethyl adjacent to an activating group) is 1. The third-order valence-electron chi connectivity index (χ3n) is 4.98. The molecule has 0 aromatic heterocycles. The van der Waals surface area contributed by atoms with Gasteiger partial charge in [0.15, 0.2) is 0 Å². The van der Waals surface area contributed by atoms with E-state index in [0.717, 1.165) is 25.1 Å². The summed E-state index contributed by atoms with van der Waals surface area (Å²) in [5, 5.41) is 9.46. The standard InChI is InChI=1S/C17H26N2O2/c1-17(2)14(8-9-19(17)4)12-18(3)16(21)11-13-6-5-7-15(20)10-13/h5-7,10,14,20H,8-9,11-12H2,1-4H3. The van der Waals surface area contributed by atoms with Crippen LogP contribution >= 0.6 is 0 Å². The molecule has 1 saturated heterocycles. The van der Waals surface area contributed by atoms with Gasteiger partial charge in [0, 0.05) is 19.1 Å². The van der Waals surface area contributed by atoms with Crippen LogP contribution in [0.25, 0.3) is 0 Å². The molecule has 1 aromatic carbocycles. The number of benzene rings is 1. The summed E-state index contributed by atoms with van der Waals surface area (Å²) in [6, 6.07) is 6.92. The molecule has 1 aliphatic rings. The van der Waals surface area contributed by atoms with Crippen molar-refractivity contribution in [3.63, 3.8) is 0 Å². The summed E-state index contributed by atoms with van der Waals surface area (Å²) in [5.74, 6) is 0.813. The molecule has 1 N–H and O–H groups in total. The van der Waals surface area contributed by atoms with Gasteiger partial charge in [0.25, 0.3) is 0 Å². The highest BCUT2D eigenvalue weighted by Crippen LogP contribution is 2.33. The summed E-state index contributed by atoms with van der Waals surface area (Å²) < 4.78 is 0. The van der Waals surface area contributed by atoms with Crippen molar-refractivity contribution >= 4 is 5.91 Å². The fourth-order valence-electron chi connectivity index (χ4n) is 3.03. The second kappa shape index (κ2) is 6.06. The summed E-state index contributed by atoms with van der Waals surface area (Å²) in [7, 11) is 4.02. The maximum atomic E-state index is 12.3. The van der Waals surface area contributed by atoms with Crippen molar-refractivity contribution in [1.29, 1.82) is 0 Å². The molecule has 1 unspecified atom stereocenters. The fourth-order valence-corrected chi connectivity index (χ4v) is 3.03. The van der Waals surface area contributed by atoms with E-state index < -0.39 is 0 Å². The van der Waals surface area contributed by atoms with Crippen LogP contribution < -0.4 is 0 Å². The molecule has 2 rings (SSSR count). The van der Waals surface area contributed by atoms with Crippen LogP contribution in [0.2, 0.25) is 0 Å². The number of rotatable bonds is 4. The molecule has 4 heteroatoms. The van der Waals surface area contributed by atoms with E-state index in [-0.39, 0.29) is 17.2 Å². The van der Waals surface area contributed by atoms with Crippen LogP contribution in [0.3, 0.4) is 0 Å². The first-order valence-electron chi connectivity index (χ1n) is 7.54. The van der Waals surface area contributed by atoms with Crippen molar-refractivity contribution < 1.29 is 9.90 Å². The third-order valence-corrected chi connectivity index (χ3v) is 4.98. The Morgan fingerprint density at radius 1 is 1.48 bits per heavy atom. The Bertz CT molecular complexity index is 513. The first-order valence-corrected chi connectivity index (χ1v) is 7.54. The Morgan fingerprint density at radius 2 is 2.19 bits per heavy atom. The van der Waals surface area contributed by atoms with Crippen molar-refractivity contribution in [2.75, 3.05) is 27.2 Å². The molecule has 116 valence electrons. The van der Waals surface area contributed by atoms with Gasteiger partial charge in [0.1, 0.15) is 5.75 Å². The molecule has 1 heterocycles. The van der Waals surface area contributed by atoms with E-state index in [1.54, 1.807) is 18.2 Å². The van der Waals surface area contributed by atoms with E-state index in [4.69, 9.17) is 0 Å². The van der Waals surface area contributed by atoms with Crippen molar-refractivity contribution in [1.82, 2.24) is 9.80 Å². The Morgan fingerprint density at radius 3 is 2.76 bits per heavy atom. The predicted octanol–water partition coefficient (Wildman–Crippen LogP) is 2.12. The van der Waals surface area contributed by atoms with Crippen LogP contribution in [-0.2, 0) is 11.2 Å². The van der Waals surface area contributed by atoms with Gasteiger partial charge >= 0.3 is 0 Å². The van der Waals surface area contributed by atoms with Crippen LogP contribution in [0, 0.1) is 5.92 Å². The van der Waals surface area contributed by atoms with Gasteiger partial charge in [-0.15, -0.1) is 0 Å². The fraction of sp³-hybridized carbons (Fsp3) is 0.588. The average Bonchev–Trinajstić information content (AvgIpc) is 2.65. The largest absolute Gasteiger partial charge is 0.508 e. The molecule has 0 saturated carbocycles. The number of nitrogens with zero attached hydrogens (tertiary/aromatic N) is 2. The lowest BCUT2D eigenvalue weighted by Gasteiger charge is -2.35. The number of likely N-dealkylation sites (tertiary alicyclic amines) is 1. The molecule has 0 bridgehead atoms. The van der Waals surface area contributed by atoms with Crippen LogP contribution in [-0.4, -0.2) is 53.5 Å². The lowest BCUT2D eigenvalue weighted by atomic mass is 9.88. The highest BCUT2D eigenvalue weighted by Gasteiger charge is 2.39. The summed E-state index contributed by atoms with van der Waals surface area (Å²) >= 11 is 0. The molecule has 1 aromatic rings. The third kappa shape index (κ3) is 3.56. The SMILES string of the molecule is CN(CC1CCN(C)C1(C)C)C(=O)Cc1cccc(O)c1. The molecule has 1 atom stereocenters. The maximum absolute atomic E-state index is 12.3. The molecule has 1 amide bonds. The molecule has 0 spiro atoms. The normalized spacial score (nSPS) is 21.4. The number of amides is 1. The topological polar surface area (TPSA) is 43.8 Å². The molecular formula is C17H26N2O2. The average molecular weight is 290 g/mol. The second-order valence-electron chi connectivity index (χ2n) is 6.68. The molecular weight excluding hydrogens is 264 g/mol. The van der Waals surface area contributed by atoms with Gasteiger partial charge < -0.3 is 14.9 Å². The van der Waals surface area contributed by atoms with Crippen LogP contribution in [0.5, 0.6) is 5.75 Å². The summed E-state index contributed by atoms with van der Waals surface area (Å²) in [5.41, 5.74) is 0.995. The van der Waals surface area contributed by atoms with E-state index >= 15 is 0 Å². The summed E-state index contributed by atoms with van der Waals surface area (Å²) in [6.45, 7) is 6.37. The van der Waals surface area contributed by atoms with E-state index in [0.29, 0.717) is 12.3 Å². The highest BCUT2D eigenvalue weighted by molar-refractivity contribution is 5.78. The first-order chi connectivity index (χ1) is 9.80. The lowest BCUT2D eigenvalue weighted by Crippen LogP contribution is -2.45. The van der Waals surface area contributed by atoms with Crippen LogP contribution in [0.15, 0.2) is 24.3 Å². The van der Waals surface area contributed by atoms with Crippen LogP contribution in [0.4, 0.5) is 0 Å². The lowest BCUT2D eigenvalue weighted by molar-refractivity contribution is -0.130. The van der Waals surface area contributed by atoms with E-state index in [2.05, 4.69) is 25.8 Å². The highest BCUT2D eigenvalue weighted by atomic mass is 16.3. The molecule has 4 nitrogen and oxygen atoms in total. The van der Waals surface area contributed by atoms with Gasteiger partial charge in [-0.1, -0.05) is 12.1 Å². The molecule has 1 aliphatic heterocycles. The van der Waals surface area contributed by atoms with E-state index in [9.17, 15) is 9.90 Å². The minimum atomic E-state index is 0.103. The van der Waals surface area contributed by atoms with Gasteiger partial charge in [-0.25, -0.2) is 0 Å². The smallest absolute Gasteiger partial charge is 0.226 e. The summed E-state index contributed by atoms with van der Waals surface area (Å²) in [4.78, 5) is 16.5. The van der Waals surface area contributed by atoms with E-state index in [1.807, 2.05) is 18.0 Å². The van der Waals surface area contributed by atoms with Crippen molar-refractivity contribution in [2.24, 2.45) is 5.92 Å². The van der Waals surface area contributed by atoms with Gasteiger partial charge in [-0.3, -0.25) is 4.79 Å². The van der Waals surface area contributed by atoms with Gasteiger partial charge in [-0.05, 0) is 57.5 Å². The molecule has 21 heavy (non-hydrogen) atoms. The Hall–Kier alpha value is -1.55. The Balaban J connectivity index is 1.94. The van der Waals surface area contributed by atoms with Gasteiger partial charge in [-0.2, -0.15) is 0 Å². The molecule has 0 radical (unpaired) electrons. The number of hydrogen-bond donors (Lipinski definition) is 1. The first kappa shape index (κ1) is 15.8.